The van der Waals surface area contributed by atoms with Crippen LogP contribution in [0.4, 0.5) is 0 Å². The Morgan fingerprint density at radius 2 is 0.800 bits per heavy atom. The maximum Gasteiger partial charge on any atom is 0.179 e. The Hall–Kier alpha value is -8.70. The molecule has 0 fully saturated rings. The van der Waals surface area contributed by atoms with Gasteiger partial charge in [-0.15, -0.1) is 0 Å². The first-order valence-corrected chi connectivity index (χ1v) is 26.3. The summed E-state index contributed by atoms with van der Waals surface area (Å²) in [5, 5.41) is 7.99. The van der Waals surface area contributed by atoms with Crippen molar-refractivity contribution in [3.63, 3.8) is 0 Å². The van der Waals surface area contributed by atoms with Crippen LogP contribution in [-0.2, 0) is 0 Å². The molecule has 2 heterocycles. The molecular formula is C66H45N3Si. The molecule has 0 N–H and O–H groups in total. The summed E-state index contributed by atoms with van der Waals surface area (Å²) >= 11 is 0. The van der Waals surface area contributed by atoms with Gasteiger partial charge < -0.3 is 0 Å². The lowest BCUT2D eigenvalue weighted by atomic mass is 9.60. The molecule has 12 aromatic rings. The SMILES string of the molecule is c1ccc(-c2nc(-c3ccccc3-c3cccc4c3C3c5ccccc5C4c4cccc([Si](c5ccccc5)(c5ccccc5)c5ccccc5)c43)cc(-n3c4ccccc4c4ccccc43)n2)cc1. The number of para-hydroxylation sites is 2. The van der Waals surface area contributed by atoms with E-state index >= 15 is 0 Å². The van der Waals surface area contributed by atoms with Gasteiger partial charge in [0.15, 0.2) is 13.9 Å². The van der Waals surface area contributed by atoms with Gasteiger partial charge in [-0.1, -0.05) is 243 Å². The molecule has 0 radical (unpaired) electrons. The maximum absolute atomic E-state index is 5.49. The molecule has 328 valence electrons. The minimum Gasteiger partial charge on any atom is -0.294 e. The van der Waals surface area contributed by atoms with Gasteiger partial charge in [-0.3, -0.25) is 4.57 Å². The van der Waals surface area contributed by atoms with Crippen LogP contribution in [0, 0.1) is 0 Å². The summed E-state index contributed by atoms with van der Waals surface area (Å²) in [7, 11) is -2.95. The normalized spacial score (nSPS) is 14.6. The van der Waals surface area contributed by atoms with E-state index in [2.05, 4.69) is 265 Å². The van der Waals surface area contributed by atoms with Crippen molar-refractivity contribution >= 4 is 50.6 Å². The molecule has 2 bridgehead atoms. The molecule has 2 unspecified atom stereocenters. The van der Waals surface area contributed by atoms with Gasteiger partial charge in [-0.25, -0.2) is 9.97 Å². The van der Waals surface area contributed by atoms with Crippen molar-refractivity contribution in [3.05, 3.63) is 294 Å². The second-order valence-electron chi connectivity index (χ2n) is 18.7. The lowest BCUT2D eigenvalue weighted by molar-refractivity contribution is 0.760. The lowest BCUT2D eigenvalue weighted by Gasteiger charge is -2.47. The Balaban J connectivity index is 1.03. The zero-order valence-electron chi connectivity index (χ0n) is 38.3. The number of rotatable bonds is 8. The Morgan fingerprint density at radius 1 is 0.343 bits per heavy atom. The van der Waals surface area contributed by atoms with Crippen molar-refractivity contribution in [1.82, 2.24) is 14.5 Å². The molecule has 0 amide bonds. The van der Waals surface area contributed by atoms with E-state index in [4.69, 9.17) is 9.97 Å². The third-order valence-electron chi connectivity index (χ3n) is 15.2. The third kappa shape index (κ3) is 6.00. The molecule has 2 aromatic heterocycles. The zero-order valence-corrected chi connectivity index (χ0v) is 39.3. The first-order chi connectivity index (χ1) is 34.8. The van der Waals surface area contributed by atoms with Crippen LogP contribution in [-0.4, -0.2) is 22.6 Å². The third-order valence-corrected chi connectivity index (χ3v) is 20.0. The first kappa shape index (κ1) is 40.4. The minimum absolute atomic E-state index is 0.0203. The molecule has 70 heavy (non-hydrogen) atoms. The van der Waals surface area contributed by atoms with E-state index in [9.17, 15) is 0 Å². The van der Waals surface area contributed by atoms with Crippen LogP contribution < -0.4 is 20.7 Å². The zero-order chi connectivity index (χ0) is 46.2. The lowest BCUT2D eigenvalue weighted by Crippen LogP contribution is -2.75. The number of aromatic nitrogens is 3. The molecule has 2 atom stereocenters. The average Bonchev–Trinajstić information content (AvgIpc) is 3.78. The van der Waals surface area contributed by atoms with Crippen molar-refractivity contribution in [3.8, 4) is 39.6 Å². The van der Waals surface area contributed by atoms with E-state index in [-0.39, 0.29) is 11.8 Å². The quantitative estimate of drug-likeness (QED) is 0.112. The maximum atomic E-state index is 5.49. The molecule has 4 heteroatoms. The number of benzene rings is 10. The summed E-state index contributed by atoms with van der Waals surface area (Å²) in [4.78, 5) is 10.9. The second-order valence-corrected chi connectivity index (χ2v) is 22.4. The van der Waals surface area contributed by atoms with Gasteiger partial charge in [0.25, 0.3) is 0 Å². The Morgan fingerprint density at radius 3 is 1.41 bits per heavy atom. The van der Waals surface area contributed by atoms with Gasteiger partial charge in [0.1, 0.15) is 5.82 Å². The summed E-state index contributed by atoms with van der Waals surface area (Å²) in [6.07, 6.45) is 0. The molecule has 0 saturated carbocycles. The predicted octanol–water partition coefficient (Wildman–Crippen LogP) is 12.9. The monoisotopic (exact) mass is 907 g/mol. The van der Waals surface area contributed by atoms with Crippen molar-refractivity contribution < 1.29 is 0 Å². The number of nitrogens with zero attached hydrogens (tertiary/aromatic N) is 3. The Bertz CT molecular complexity index is 3810. The molecule has 3 nitrogen and oxygen atoms in total. The van der Waals surface area contributed by atoms with E-state index in [1.165, 1.54) is 70.5 Å². The van der Waals surface area contributed by atoms with Gasteiger partial charge in [0.2, 0.25) is 0 Å². The summed E-state index contributed by atoms with van der Waals surface area (Å²) in [5.41, 5.74) is 16.0. The van der Waals surface area contributed by atoms with Crippen LogP contribution in [0.2, 0.25) is 0 Å². The van der Waals surface area contributed by atoms with Crippen LogP contribution >= 0.6 is 0 Å². The highest BCUT2D eigenvalue weighted by Gasteiger charge is 2.49. The molecule has 0 saturated heterocycles. The smallest absolute Gasteiger partial charge is 0.179 e. The van der Waals surface area contributed by atoms with E-state index in [0.29, 0.717) is 5.82 Å². The van der Waals surface area contributed by atoms with E-state index in [0.717, 1.165) is 39.2 Å². The molecule has 0 spiro atoms. The summed E-state index contributed by atoms with van der Waals surface area (Å²) in [6.45, 7) is 0. The largest absolute Gasteiger partial charge is 0.294 e. The van der Waals surface area contributed by atoms with Gasteiger partial charge in [0.05, 0.1) is 16.7 Å². The number of hydrogen-bond acceptors (Lipinski definition) is 2. The highest BCUT2D eigenvalue weighted by Crippen LogP contribution is 2.58. The Labute approximate surface area is 408 Å². The first-order valence-electron chi connectivity index (χ1n) is 24.3. The predicted molar refractivity (Wildman–Crippen MR) is 291 cm³/mol. The highest BCUT2D eigenvalue weighted by atomic mass is 28.3. The van der Waals surface area contributed by atoms with Gasteiger partial charge in [-0.2, -0.15) is 0 Å². The Kier molecular flexibility index (Phi) is 9.36. The van der Waals surface area contributed by atoms with Gasteiger partial charge >= 0.3 is 0 Å². The van der Waals surface area contributed by atoms with Crippen LogP contribution in [0.3, 0.4) is 0 Å². The fraction of sp³-hybridized carbons (Fsp3) is 0.0303. The molecule has 0 aliphatic heterocycles. The topological polar surface area (TPSA) is 30.7 Å². The minimum atomic E-state index is -2.95. The second kappa shape index (κ2) is 16.2. The fourth-order valence-corrected chi connectivity index (χ4v) is 17.5. The standard InChI is InChI=1S/C66H45N3Si/c1-5-23-44(24-6-1)66-67-57(43-61(68-66)69-58-40-19-17-33-50(58)51-34-18-20-41-59(51)69)49-32-14-13-31-48(49)52-37-21-38-55-62-53-35-15-16-36-54(53)65(63(52)55)64-56(62)39-22-42-60(64)70(45-25-7-2-8-26-45,46-27-9-3-10-28-46)47-29-11-4-12-30-47/h1-43,62,65H. The summed E-state index contributed by atoms with van der Waals surface area (Å²) < 4.78 is 2.31. The van der Waals surface area contributed by atoms with Crippen molar-refractivity contribution in [2.24, 2.45) is 0 Å². The number of hydrogen-bond donors (Lipinski definition) is 0. The summed E-state index contributed by atoms with van der Waals surface area (Å²) in [6, 6.07) is 96.6. The average molecular weight is 908 g/mol. The molecule has 10 aromatic carbocycles. The van der Waals surface area contributed by atoms with Gasteiger partial charge in [-0.05, 0) is 77.4 Å². The van der Waals surface area contributed by atoms with Crippen molar-refractivity contribution in [2.45, 2.75) is 11.8 Å². The molecule has 3 aliphatic rings. The van der Waals surface area contributed by atoms with Crippen LogP contribution in [0.5, 0.6) is 0 Å². The van der Waals surface area contributed by atoms with E-state index in [1.54, 1.807) is 0 Å². The fourth-order valence-electron chi connectivity index (χ4n) is 12.4. The van der Waals surface area contributed by atoms with Crippen molar-refractivity contribution in [2.75, 3.05) is 0 Å². The van der Waals surface area contributed by atoms with E-state index < -0.39 is 8.07 Å². The summed E-state index contributed by atoms with van der Waals surface area (Å²) in [5.74, 6) is 1.57. The van der Waals surface area contributed by atoms with Crippen LogP contribution in [0.1, 0.15) is 45.2 Å². The molecule has 15 rings (SSSR count). The van der Waals surface area contributed by atoms with E-state index in [1.807, 2.05) is 0 Å². The van der Waals surface area contributed by atoms with Crippen LogP contribution in [0.25, 0.3) is 61.4 Å². The van der Waals surface area contributed by atoms with Crippen molar-refractivity contribution in [1.29, 1.82) is 0 Å². The molecule has 3 aliphatic carbocycles. The van der Waals surface area contributed by atoms with Gasteiger partial charge in [0, 0.05) is 39.8 Å². The highest BCUT2D eigenvalue weighted by molar-refractivity contribution is 7.20. The molecular weight excluding hydrogens is 863 g/mol. The van der Waals surface area contributed by atoms with Crippen LogP contribution in [0.15, 0.2) is 261 Å². The number of fused-ring (bicyclic) bond motifs is 3.